The molecule has 0 spiro atoms. The fourth-order valence-corrected chi connectivity index (χ4v) is 3.96. The van der Waals surface area contributed by atoms with Crippen LogP contribution in [-0.4, -0.2) is 49.2 Å². The third-order valence-electron chi connectivity index (χ3n) is 6.57. The van der Waals surface area contributed by atoms with E-state index in [0.717, 1.165) is 23.3 Å². The van der Waals surface area contributed by atoms with Crippen molar-refractivity contribution in [3.63, 3.8) is 0 Å². The highest BCUT2D eigenvalue weighted by Gasteiger charge is 2.52. The van der Waals surface area contributed by atoms with E-state index in [4.69, 9.17) is 14.0 Å². The second-order valence-corrected chi connectivity index (χ2v) is 9.11. The molecule has 0 saturated carbocycles. The lowest BCUT2D eigenvalue weighted by atomic mass is 9.76. The van der Waals surface area contributed by atoms with Crippen LogP contribution in [0.3, 0.4) is 0 Å². The Hall–Kier alpha value is -1.08. The van der Waals surface area contributed by atoms with Crippen LogP contribution in [0.1, 0.15) is 53.0 Å². The molecule has 0 aromatic heterocycles. The van der Waals surface area contributed by atoms with Gasteiger partial charge >= 0.3 is 7.12 Å². The zero-order valence-electron chi connectivity index (χ0n) is 16.5. The maximum absolute atomic E-state index is 10.9. The van der Waals surface area contributed by atoms with Gasteiger partial charge in [-0.25, -0.2) is 0 Å². The summed E-state index contributed by atoms with van der Waals surface area (Å²) in [6.45, 7) is 12.2. The topological polar surface area (TPSA) is 51.2 Å². The van der Waals surface area contributed by atoms with Crippen LogP contribution in [0.15, 0.2) is 18.2 Å². The molecule has 5 nitrogen and oxygen atoms in total. The van der Waals surface area contributed by atoms with Crippen molar-refractivity contribution >= 4 is 18.3 Å². The van der Waals surface area contributed by atoms with Gasteiger partial charge in [-0.05, 0) is 70.6 Å². The lowest BCUT2D eigenvalue weighted by Crippen LogP contribution is -2.48. The van der Waals surface area contributed by atoms with Gasteiger partial charge in [0.25, 0.3) is 0 Å². The molecule has 6 heteroatoms. The number of hydrogen-bond acceptors (Lipinski definition) is 5. The third kappa shape index (κ3) is 2.87. The Bertz CT molecular complexity index is 685. The van der Waals surface area contributed by atoms with Gasteiger partial charge in [-0.3, -0.25) is 0 Å². The van der Waals surface area contributed by atoms with Crippen molar-refractivity contribution in [2.45, 2.75) is 70.3 Å². The molecule has 1 aromatic carbocycles. The largest absolute Gasteiger partial charge is 0.494 e. The average molecular weight is 359 g/mol. The molecule has 4 rings (SSSR count). The highest BCUT2D eigenvalue weighted by Crippen LogP contribution is 2.38. The van der Waals surface area contributed by atoms with Crippen LogP contribution in [0.2, 0.25) is 0 Å². The minimum Gasteiger partial charge on any atom is -0.399 e. The smallest absolute Gasteiger partial charge is 0.399 e. The standard InChI is InChI=1S/C20H30BNO4/c1-14-7-6-8-22(14)17-10-15(20(23)12-24-13-20)9-16(11-17)21-25-18(2,3)19(4,5)26-21/h9-11,14,23H,6-8,12-13H2,1-5H3/t14-/m1/s1. The lowest BCUT2D eigenvalue weighted by Gasteiger charge is -2.38. The van der Waals surface area contributed by atoms with Crippen LogP contribution in [0, 0.1) is 0 Å². The van der Waals surface area contributed by atoms with Crippen molar-refractivity contribution < 1.29 is 19.2 Å². The Kier molecular flexibility index (Phi) is 4.20. The van der Waals surface area contributed by atoms with Gasteiger partial charge in [-0.1, -0.05) is 6.07 Å². The second kappa shape index (κ2) is 5.96. The van der Waals surface area contributed by atoms with Gasteiger partial charge in [0.05, 0.1) is 24.4 Å². The summed E-state index contributed by atoms with van der Waals surface area (Å²) < 4.78 is 17.8. The Balaban J connectivity index is 1.73. The summed E-state index contributed by atoms with van der Waals surface area (Å²) in [5.41, 5.74) is 1.33. The van der Waals surface area contributed by atoms with E-state index in [1.807, 2.05) is 6.07 Å². The molecule has 0 aliphatic carbocycles. The van der Waals surface area contributed by atoms with Gasteiger partial charge in [-0.15, -0.1) is 0 Å². The third-order valence-corrected chi connectivity index (χ3v) is 6.57. The fraction of sp³-hybridized carbons (Fsp3) is 0.700. The molecule has 3 fully saturated rings. The summed E-state index contributed by atoms with van der Waals surface area (Å²) >= 11 is 0. The van der Waals surface area contributed by atoms with Crippen LogP contribution in [0.5, 0.6) is 0 Å². The zero-order valence-corrected chi connectivity index (χ0v) is 16.5. The van der Waals surface area contributed by atoms with E-state index in [1.165, 1.54) is 12.8 Å². The van der Waals surface area contributed by atoms with E-state index >= 15 is 0 Å². The number of aliphatic hydroxyl groups is 1. The monoisotopic (exact) mass is 359 g/mol. The molecular weight excluding hydrogens is 329 g/mol. The molecule has 0 unspecified atom stereocenters. The van der Waals surface area contributed by atoms with Crippen molar-refractivity contribution in [2.24, 2.45) is 0 Å². The molecular formula is C20H30BNO4. The summed E-state index contributed by atoms with van der Waals surface area (Å²) in [5.74, 6) is 0. The Morgan fingerprint density at radius 3 is 2.23 bits per heavy atom. The van der Waals surface area contributed by atoms with E-state index in [9.17, 15) is 5.11 Å². The van der Waals surface area contributed by atoms with Crippen LogP contribution in [-0.2, 0) is 19.6 Å². The quantitative estimate of drug-likeness (QED) is 0.839. The number of rotatable bonds is 3. The van der Waals surface area contributed by atoms with Crippen molar-refractivity contribution in [1.82, 2.24) is 0 Å². The highest BCUT2D eigenvalue weighted by molar-refractivity contribution is 6.62. The predicted octanol–water partition coefficient (Wildman–Crippen LogP) is 2.19. The van der Waals surface area contributed by atoms with Crippen LogP contribution in [0.25, 0.3) is 0 Å². The van der Waals surface area contributed by atoms with Gasteiger partial charge in [0.1, 0.15) is 5.60 Å². The summed E-state index contributed by atoms with van der Waals surface area (Å²) in [7, 11) is -0.429. The summed E-state index contributed by atoms with van der Waals surface area (Å²) in [6, 6.07) is 6.80. The van der Waals surface area contributed by atoms with Crippen molar-refractivity contribution in [3.8, 4) is 0 Å². The number of hydrogen-bond donors (Lipinski definition) is 1. The Morgan fingerprint density at radius 2 is 1.73 bits per heavy atom. The first-order chi connectivity index (χ1) is 12.1. The molecule has 0 bridgehead atoms. The molecule has 1 atom stereocenters. The van der Waals surface area contributed by atoms with Crippen LogP contribution >= 0.6 is 0 Å². The first-order valence-corrected chi connectivity index (χ1v) is 9.69. The molecule has 3 saturated heterocycles. The molecule has 3 aliphatic rings. The first kappa shape index (κ1) is 18.3. The minimum absolute atomic E-state index is 0.342. The van der Waals surface area contributed by atoms with Gasteiger partial charge in [0.2, 0.25) is 0 Å². The van der Waals surface area contributed by atoms with Crippen molar-refractivity contribution in [3.05, 3.63) is 23.8 Å². The molecule has 26 heavy (non-hydrogen) atoms. The second-order valence-electron chi connectivity index (χ2n) is 9.11. The number of ether oxygens (including phenoxy) is 1. The SMILES string of the molecule is C[C@@H]1CCCN1c1cc(B2OC(C)(C)C(C)(C)O2)cc(C2(O)COC2)c1. The zero-order chi connectivity index (χ0) is 18.7. The van der Waals surface area contributed by atoms with Gasteiger partial charge in [0, 0.05) is 18.3 Å². The summed E-state index contributed by atoms with van der Waals surface area (Å²) in [4.78, 5) is 2.42. The maximum Gasteiger partial charge on any atom is 0.494 e. The van der Waals surface area contributed by atoms with Crippen LogP contribution < -0.4 is 10.4 Å². The average Bonchev–Trinajstić information content (AvgIpc) is 3.05. The Labute approximate surface area is 156 Å². The van der Waals surface area contributed by atoms with Crippen molar-refractivity contribution in [2.75, 3.05) is 24.7 Å². The molecule has 142 valence electrons. The molecule has 1 aromatic rings. The lowest BCUT2D eigenvalue weighted by molar-refractivity contribution is -0.184. The number of benzene rings is 1. The fourth-order valence-electron chi connectivity index (χ4n) is 3.96. The Morgan fingerprint density at radius 1 is 1.08 bits per heavy atom. The van der Waals surface area contributed by atoms with E-state index < -0.39 is 12.7 Å². The number of nitrogens with zero attached hydrogens (tertiary/aromatic N) is 1. The first-order valence-electron chi connectivity index (χ1n) is 9.69. The summed E-state index contributed by atoms with van der Waals surface area (Å²) in [6.07, 6.45) is 2.40. The highest BCUT2D eigenvalue weighted by atomic mass is 16.7. The van der Waals surface area contributed by atoms with Crippen LogP contribution in [0.4, 0.5) is 5.69 Å². The molecule has 1 N–H and O–H groups in total. The van der Waals surface area contributed by atoms with Gasteiger partial charge < -0.3 is 24.1 Å². The van der Waals surface area contributed by atoms with Gasteiger partial charge in [-0.2, -0.15) is 0 Å². The summed E-state index contributed by atoms with van der Waals surface area (Å²) in [5, 5.41) is 10.9. The predicted molar refractivity (Wildman–Crippen MR) is 103 cm³/mol. The number of anilines is 1. The minimum atomic E-state index is -0.905. The van der Waals surface area contributed by atoms with E-state index in [-0.39, 0.29) is 11.2 Å². The molecule has 3 aliphatic heterocycles. The van der Waals surface area contributed by atoms with E-state index in [2.05, 4.69) is 51.7 Å². The van der Waals surface area contributed by atoms with Gasteiger partial charge in [0.15, 0.2) is 0 Å². The van der Waals surface area contributed by atoms with E-state index in [1.54, 1.807) is 0 Å². The normalized spacial score (nSPS) is 29.1. The molecule has 0 amide bonds. The maximum atomic E-state index is 10.9. The molecule has 0 radical (unpaired) electrons. The van der Waals surface area contributed by atoms with Crippen molar-refractivity contribution in [1.29, 1.82) is 0 Å². The van der Waals surface area contributed by atoms with E-state index in [0.29, 0.717) is 19.3 Å². The molecule has 3 heterocycles.